The second-order valence-electron chi connectivity index (χ2n) is 13.1. The molecule has 43 heavy (non-hydrogen) atoms. The van der Waals surface area contributed by atoms with E-state index in [-0.39, 0.29) is 52.7 Å². The molecule has 13 heteroatoms. The van der Waals surface area contributed by atoms with Gasteiger partial charge in [0.15, 0.2) is 0 Å². The zero-order valence-corrected chi connectivity index (χ0v) is 25.3. The summed E-state index contributed by atoms with van der Waals surface area (Å²) in [6.45, 7) is 9.99. The standard InChI is InChI=1S/C30H43F3N8O2/c1-17(42)35-24-16-20(40-29(2,3)4)6-8-25(24)41-14-11-23(27(41)43)37-26-21-15-18(30(31,32)33)5-7-22(21)38-28(39-26)36-19-9-12-34-13-10-19/h5,7,15,19-20,23-25,34,40H,6,8-14,16H2,1-4H3,(H,35,42)(H2,36,37,38,39)/t20-,23?,24-,25+/m1/s1. The van der Waals surface area contributed by atoms with Crippen LogP contribution in [-0.2, 0) is 15.8 Å². The van der Waals surface area contributed by atoms with Gasteiger partial charge >= 0.3 is 6.18 Å². The predicted octanol–water partition coefficient (Wildman–Crippen LogP) is 3.64. The average molecular weight is 605 g/mol. The van der Waals surface area contributed by atoms with Crippen molar-refractivity contribution in [2.45, 2.75) is 108 Å². The van der Waals surface area contributed by atoms with Crippen molar-refractivity contribution < 1.29 is 22.8 Å². The lowest BCUT2D eigenvalue weighted by molar-refractivity contribution is -0.137. The van der Waals surface area contributed by atoms with E-state index in [0.717, 1.165) is 50.9 Å². The quantitative estimate of drug-likeness (QED) is 0.325. The van der Waals surface area contributed by atoms with Crippen molar-refractivity contribution in [2.75, 3.05) is 30.3 Å². The molecule has 5 N–H and O–H groups in total. The number of anilines is 2. The van der Waals surface area contributed by atoms with Gasteiger partial charge in [-0.15, -0.1) is 0 Å². The van der Waals surface area contributed by atoms with Crippen LogP contribution in [0, 0.1) is 0 Å². The molecule has 3 heterocycles. The van der Waals surface area contributed by atoms with Crippen LogP contribution in [0.2, 0.25) is 0 Å². The molecule has 1 aromatic carbocycles. The number of carbonyl (C=O) groups is 2. The summed E-state index contributed by atoms with van der Waals surface area (Å²) in [5.41, 5.74) is -0.520. The number of nitrogens with one attached hydrogen (secondary N) is 5. The molecule has 4 atom stereocenters. The smallest absolute Gasteiger partial charge is 0.358 e. The monoisotopic (exact) mass is 604 g/mol. The molecule has 2 saturated heterocycles. The van der Waals surface area contributed by atoms with E-state index in [9.17, 15) is 22.8 Å². The molecule has 3 aliphatic rings. The molecule has 5 rings (SSSR count). The lowest BCUT2D eigenvalue weighted by atomic mass is 9.84. The Morgan fingerprint density at radius 3 is 2.42 bits per heavy atom. The van der Waals surface area contributed by atoms with Gasteiger partial charge in [0.05, 0.1) is 23.2 Å². The summed E-state index contributed by atoms with van der Waals surface area (Å²) in [5.74, 6) is 0.229. The van der Waals surface area contributed by atoms with E-state index in [2.05, 4.69) is 57.3 Å². The molecule has 3 fully saturated rings. The number of amides is 2. The highest BCUT2D eigenvalue weighted by Crippen LogP contribution is 2.35. The van der Waals surface area contributed by atoms with Crippen molar-refractivity contribution in [3.05, 3.63) is 23.8 Å². The zero-order valence-electron chi connectivity index (χ0n) is 25.3. The Labute approximate surface area is 250 Å². The van der Waals surface area contributed by atoms with Crippen molar-refractivity contribution in [2.24, 2.45) is 0 Å². The van der Waals surface area contributed by atoms with Crippen LogP contribution in [-0.4, -0.2) is 82.1 Å². The minimum absolute atomic E-state index is 0.0787. The first-order chi connectivity index (χ1) is 20.3. The van der Waals surface area contributed by atoms with Gasteiger partial charge in [-0.25, -0.2) is 4.98 Å². The minimum Gasteiger partial charge on any atom is -0.358 e. The number of nitrogens with zero attached hydrogens (tertiary/aromatic N) is 3. The lowest BCUT2D eigenvalue weighted by Gasteiger charge is -2.43. The van der Waals surface area contributed by atoms with Crippen LogP contribution in [0.15, 0.2) is 18.2 Å². The number of benzene rings is 1. The molecule has 0 spiro atoms. The van der Waals surface area contributed by atoms with Crippen LogP contribution in [0.3, 0.4) is 0 Å². The third-order valence-corrected chi connectivity index (χ3v) is 8.49. The van der Waals surface area contributed by atoms with Crippen molar-refractivity contribution >= 4 is 34.5 Å². The summed E-state index contributed by atoms with van der Waals surface area (Å²) < 4.78 is 40.9. The molecule has 1 aromatic heterocycles. The Bertz CT molecular complexity index is 1320. The molecule has 1 aliphatic carbocycles. The Hall–Kier alpha value is -3.19. The van der Waals surface area contributed by atoms with Gasteiger partial charge in [-0.2, -0.15) is 18.2 Å². The van der Waals surface area contributed by atoms with Gasteiger partial charge in [0.1, 0.15) is 11.9 Å². The number of halogens is 3. The van der Waals surface area contributed by atoms with Crippen LogP contribution in [0.5, 0.6) is 0 Å². The molecule has 0 bridgehead atoms. The maximum absolute atomic E-state index is 13.8. The van der Waals surface area contributed by atoms with Crippen molar-refractivity contribution in [1.82, 2.24) is 30.8 Å². The first kappa shape index (κ1) is 31.2. The number of carbonyl (C=O) groups excluding carboxylic acids is 2. The Kier molecular flexibility index (Phi) is 9.03. The topological polar surface area (TPSA) is 123 Å². The summed E-state index contributed by atoms with van der Waals surface area (Å²) >= 11 is 0. The molecule has 0 radical (unpaired) electrons. The number of alkyl halides is 3. The fourth-order valence-corrected chi connectivity index (χ4v) is 6.65. The molecule has 1 saturated carbocycles. The molecular formula is C30H43F3N8O2. The second-order valence-corrected chi connectivity index (χ2v) is 13.1. The average Bonchev–Trinajstić information content (AvgIpc) is 3.27. The largest absolute Gasteiger partial charge is 0.416 e. The fourth-order valence-electron chi connectivity index (χ4n) is 6.65. The summed E-state index contributed by atoms with van der Waals surface area (Å²) in [4.78, 5) is 36.8. The first-order valence-electron chi connectivity index (χ1n) is 15.2. The maximum atomic E-state index is 13.8. The Morgan fingerprint density at radius 2 is 1.74 bits per heavy atom. The van der Waals surface area contributed by atoms with Crippen LogP contribution >= 0.6 is 0 Å². The van der Waals surface area contributed by atoms with Crippen LogP contribution in [0.25, 0.3) is 10.9 Å². The third-order valence-electron chi connectivity index (χ3n) is 8.49. The Morgan fingerprint density at radius 1 is 1.00 bits per heavy atom. The van der Waals surface area contributed by atoms with E-state index in [1.165, 1.54) is 13.0 Å². The summed E-state index contributed by atoms with van der Waals surface area (Å²) in [7, 11) is 0. The van der Waals surface area contributed by atoms with E-state index in [4.69, 9.17) is 0 Å². The van der Waals surface area contributed by atoms with Crippen LogP contribution in [0.4, 0.5) is 24.9 Å². The van der Waals surface area contributed by atoms with Gasteiger partial charge in [-0.3, -0.25) is 9.59 Å². The van der Waals surface area contributed by atoms with Gasteiger partial charge in [0.25, 0.3) is 0 Å². The van der Waals surface area contributed by atoms with Gasteiger partial charge in [-0.1, -0.05) is 0 Å². The van der Waals surface area contributed by atoms with E-state index >= 15 is 0 Å². The van der Waals surface area contributed by atoms with Crippen molar-refractivity contribution in [1.29, 1.82) is 0 Å². The highest BCUT2D eigenvalue weighted by molar-refractivity contribution is 5.94. The van der Waals surface area contributed by atoms with Gasteiger partial charge in [-0.05, 0) is 90.6 Å². The van der Waals surface area contributed by atoms with Gasteiger partial charge in [0, 0.05) is 36.5 Å². The number of hydrogen-bond acceptors (Lipinski definition) is 8. The van der Waals surface area contributed by atoms with Crippen LogP contribution in [0.1, 0.15) is 71.8 Å². The van der Waals surface area contributed by atoms with Crippen molar-refractivity contribution in [3.8, 4) is 0 Å². The molecule has 1 unspecified atom stereocenters. The second kappa shape index (κ2) is 12.4. The van der Waals surface area contributed by atoms with E-state index < -0.39 is 17.8 Å². The highest BCUT2D eigenvalue weighted by Gasteiger charge is 2.43. The van der Waals surface area contributed by atoms with E-state index in [1.54, 1.807) is 0 Å². The van der Waals surface area contributed by atoms with Gasteiger partial charge < -0.3 is 31.5 Å². The number of aromatic nitrogens is 2. The molecular weight excluding hydrogens is 561 g/mol. The normalized spacial score (nSPS) is 25.7. The third kappa shape index (κ3) is 7.67. The molecule has 2 amide bonds. The summed E-state index contributed by atoms with van der Waals surface area (Å²) in [6, 6.07) is 2.72. The Balaban J connectivity index is 1.38. The fraction of sp³-hybridized carbons (Fsp3) is 0.667. The zero-order chi connectivity index (χ0) is 30.9. The number of likely N-dealkylation sites (tertiary alicyclic amines) is 1. The number of piperidine rings is 1. The molecule has 2 aromatic rings. The summed E-state index contributed by atoms with van der Waals surface area (Å²) in [5, 5.41) is 16.7. The first-order valence-corrected chi connectivity index (χ1v) is 15.2. The highest BCUT2D eigenvalue weighted by atomic mass is 19.4. The number of fused-ring (bicyclic) bond motifs is 1. The molecule has 236 valence electrons. The molecule has 2 aliphatic heterocycles. The predicted molar refractivity (Wildman–Crippen MR) is 160 cm³/mol. The molecule has 10 nitrogen and oxygen atoms in total. The minimum atomic E-state index is -4.53. The lowest BCUT2D eigenvalue weighted by Crippen LogP contribution is -2.59. The van der Waals surface area contributed by atoms with Crippen molar-refractivity contribution in [3.63, 3.8) is 0 Å². The van der Waals surface area contributed by atoms with E-state index in [1.807, 2.05) is 4.90 Å². The maximum Gasteiger partial charge on any atom is 0.416 e. The van der Waals surface area contributed by atoms with Gasteiger partial charge in [0.2, 0.25) is 17.8 Å². The SMILES string of the molecule is CC(=O)N[C@@H]1C[C@H](NC(C)(C)C)CC[C@@H]1N1CCC(Nc2nc(NC3CCNCC3)nc3ccc(C(F)(F)F)cc23)C1=O. The van der Waals surface area contributed by atoms with E-state index in [0.29, 0.717) is 30.9 Å². The summed E-state index contributed by atoms with van der Waals surface area (Å²) in [6.07, 6.45) is -0.0300. The van der Waals surface area contributed by atoms with Crippen LogP contribution < -0.4 is 26.6 Å². The number of rotatable bonds is 7. The number of hydrogen-bond donors (Lipinski definition) is 5.